The lowest BCUT2D eigenvalue weighted by molar-refractivity contribution is -0.132. The van der Waals surface area contributed by atoms with Crippen LogP contribution in [0, 0.1) is 11.7 Å². The Morgan fingerprint density at radius 3 is 2.38 bits per heavy atom. The first-order valence-electron chi connectivity index (χ1n) is 7.64. The predicted molar refractivity (Wildman–Crippen MR) is 82.4 cm³/mol. The fraction of sp³-hybridized carbons (Fsp3) is 0.588. The van der Waals surface area contributed by atoms with E-state index in [9.17, 15) is 9.18 Å². The summed E-state index contributed by atoms with van der Waals surface area (Å²) < 4.78 is 13.0. The zero-order chi connectivity index (χ0) is 15.6. The summed E-state index contributed by atoms with van der Waals surface area (Å²) >= 11 is 0. The quantitative estimate of drug-likeness (QED) is 0.876. The van der Waals surface area contributed by atoms with Crippen molar-refractivity contribution in [1.29, 1.82) is 0 Å². The van der Waals surface area contributed by atoms with Crippen LogP contribution >= 0.6 is 0 Å². The highest BCUT2D eigenvalue weighted by molar-refractivity contribution is 5.91. The number of carbonyl (C=O) groups excluding carboxylic acids is 1. The molecule has 0 spiro atoms. The van der Waals surface area contributed by atoms with Gasteiger partial charge in [-0.25, -0.2) is 4.39 Å². The highest BCUT2D eigenvalue weighted by Gasteiger charge is 2.52. The molecule has 2 N–H and O–H groups in total. The molecule has 1 unspecified atom stereocenters. The van der Waals surface area contributed by atoms with E-state index in [2.05, 4.69) is 13.8 Å². The van der Waals surface area contributed by atoms with E-state index in [0.717, 1.165) is 24.8 Å². The van der Waals surface area contributed by atoms with Gasteiger partial charge in [0.05, 0.1) is 5.41 Å². The summed E-state index contributed by atoms with van der Waals surface area (Å²) in [7, 11) is 1.83. The van der Waals surface area contributed by atoms with Crippen LogP contribution in [0.15, 0.2) is 24.3 Å². The van der Waals surface area contributed by atoms with E-state index in [-0.39, 0.29) is 17.8 Å². The number of hydrogen-bond donors (Lipinski definition) is 1. The van der Waals surface area contributed by atoms with Crippen LogP contribution in [0.5, 0.6) is 0 Å². The number of carbonyl (C=O) groups is 1. The first-order chi connectivity index (χ1) is 9.86. The molecular formula is C17H25FN2O. The van der Waals surface area contributed by atoms with Crippen molar-refractivity contribution < 1.29 is 9.18 Å². The summed E-state index contributed by atoms with van der Waals surface area (Å²) in [6.45, 7) is 4.85. The minimum Gasteiger partial charge on any atom is -0.345 e. The molecule has 0 heterocycles. The Balaban J connectivity index is 2.00. The van der Waals surface area contributed by atoms with Gasteiger partial charge in [0.25, 0.3) is 0 Å². The van der Waals surface area contributed by atoms with E-state index in [4.69, 9.17) is 5.73 Å². The molecule has 0 saturated heterocycles. The van der Waals surface area contributed by atoms with E-state index in [1.807, 2.05) is 7.05 Å². The van der Waals surface area contributed by atoms with Gasteiger partial charge < -0.3 is 10.6 Å². The molecule has 0 radical (unpaired) electrons. The number of likely N-dealkylation sites (N-methyl/N-ethyl adjacent to an activating group) is 1. The van der Waals surface area contributed by atoms with Crippen molar-refractivity contribution in [2.75, 3.05) is 13.6 Å². The first-order valence-corrected chi connectivity index (χ1v) is 7.64. The van der Waals surface area contributed by atoms with Gasteiger partial charge in [-0.1, -0.05) is 26.0 Å². The van der Waals surface area contributed by atoms with Crippen LogP contribution in [0.25, 0.3) is 0 Å². The third-order valence-electron chi connectivity index (χ3n) is 4.56. The first kappa shape index (κ1) is 16.0. The molecule has 1 aliphatic carbocycles. The lowest BCUT2D eigenvalue weighted by Crippen LogP contribution is -2.39. The van der Waals surface area contributed by atoms with Gasteiger partial charge in [0.15, 0.2) is 0 Å². The van der Waals surface area contributed by atoms with Gasteiger partial charge in [0, 0.05) is 19.6 Å². The van der Waals surface area contributed by atoms with Crippen molar-refractivity contribution >= 4 is 5.91 Å². The molecule has 0 aromatic heterocycles. The molecule has 1 aromatic carbocycles. The topological polar surface area (TPSA) is 46.3 Å². The zero-order valence-electron chi connectivity index (χ0n) is 13.1. The van der Waals surface area contributed by atoms with Crippen molar-refractivity contribution in [2.45, 2.75) is 44.6 Å². The second kappa shape index (κ2) is 6.14. The van der Waals surface area contributed by atoms with Crippen LogP contribution < -0.4 is 5.73 Å². The van der Waals surface area contributed by atoms with E-state index in [1.54, 1.807) is 17.0 Å². The number of benzene rings is 1. The summed E-state index contributed by atoms with van der Waals surface area (Å²) in [6.07, 6.45) is 2.50. The summed E-state index contributed by atoms with van der Waals surface area (Å²) in [4.78, 5) is 14.5. The van der Waals surface area contributed by atoms with Crippen molar-refractivity contribution in [1.82, 2.24) is 4.90 Å². The van der Waals surface area contributed by atoms with Gasteiger partial charge >= 0.3 is 0 Å². The molecule has 0 aliphatic heterocycles. The Kier molecular flexibility index (Phi) is 4.67. The van der Waals surface area contributed by atoms with Crippen molar-refractivity contribution in [2.24, 2.45) is 11.7 Å². The van der Waals surface area contributed by atoms with Crippen molar-refractivity contribution in [3.63, 3.8) is 0 Å². The molecule has 1 atom stereocenters. The molecule has 2 rings (SSSR count). The molecule has 1 aromatic rings. The van der Waals surface area contributed by atoms with Crippen LogP contribution in [0.1, 0.15) is 38.7 Å². The minimum atomic E-state index is -0.426. The smallest absolute Gasteiger partial charge is 0.232 e. The third-order valence-corrected chi connectivity index (χ3v) is 4.56. The second-order valence-electron chi connectivity index (χ2n) is 6.51. The van der Waals surface area contributed by atoms with E-state index in [1.165, 1.54) is 12.1 Å². The molecule has 1 amide bonds. The lowest BCUT2D eigenvalue weighted by atomic mass is 9.94. The second-order valence-corrected chi connectivity index (χ2v) is 6.51. The molecule has 21 heavy (non-hydrogen) atoms. The molecule has 1 saturated carbocycles. The summed E-state index contributed by atoms with van der Waals surface area (Å²) in [5.74, 6) is 0.281. The Labute approximate surface area is 126 Å². The largest absolute Gasteiger partial charge is 0.345 e. The van der Waals surface area contributed by atoms with Crippen molar-refractivity contribution in [3.05, 3.63) is 35.6 Å². The summed E-state index contributed by atoms with van der Waals surface area (Å²) in [5.41, 5.74) is 6.54. The monoisotopic (exact) mass is 292 g/mol. The van der Waals surface area contributed by atoms with Crippen molar-refractivity contribution in [3.8, 4) is 0 Å². The Hall–Kier alpha value is -1.42. The molecule has 0 bridgehead atoms. The third kappa shape index (κ3) is 3.43. The van der Waals surface area contributed by atoms with Gasteiger partial charge in [-0.15, -0.1) is 0 Å². The summed E-state index contributed by atoms with van der Waals surface area (Å²) in [5, 5.41) is 0. The lowest BCUT2D eigenvalue weighted by Gasteiger charge is -2.26. The SMILES string of the molecule is CC(C)C(N)CCN(C)C(=O)C1(c2ccc(F)cc2)CC1. The maximum atomic E-state index is 13.0. The molecule has 3 nitrogen and oxygen atoms in total. The van der Waals surface area contributed by atoms with E-state index < -0.39 is 5.41 Å². The molecule has 1 aliphatic rings. The molecule has 1 fully saturated rings. The number of nitrogens with zero attached hydrogens (tertiary/aromatic N) is 1. The standard InChI is InChI=1S/C17H25FN2O/c1-12(2)15(19)8-11-20(3)16(21)17(9-10-17)13-4-6-14(18)7-5-13/h4-7,12,15H,8-11,19H2,1-3H3. The number of hydrogen-bond acceptors (Lipinski definition) is 2. The number of rotatable bonds is 6. The Morgan fingerprint density at radius 1 is 1.33 bits per heavy atom. The molecule has 4 heteroatoms. The van der Waals surface area contributed by atoms with Crippen LogP contribution in [0.2, 0.25) is 0 Å². The maximum absolute atomic E-state index is 13.0. The number of amides is 1. The van der Waals surface area contributed by atoms with Crippen LogP contribution in [0.3, 0.4) is 0 Å². The van der Waals surface area contributed by atoms with Gasteiger partial charge in [0.1, 0.15) is 5.82 Å². The van der Waals surface area contributed by atoms with Gasteiger partial charge in [-0.05, 0) is 42.9 Å². The Morgan fingerprint density at radius 2 is 1.90 bits per heavy atom. The van der Waals surface area contributed by atoms with Crippen LogP contribution in [-0.2, 0) is 10.2 Å². The number of halogens is 1. The fourth-order valence-electron chi connectivity index (χ4n) is 2.66. The predicted octanol–water partition coefficient (Wildman–Crippen LogP) is 2.69. The van der Waals surface area contributed by atoms with E-state index in [0.29, 0.717) is 12.5 Å². The summed E-state index contributed by atoms with van der Waals surface area (Å²) in [6, 6.07) is 6.43. The average Bonchev–Trinajstić information content (AvgIpc) is 3.25. The fourth-order valence-corrected chi connectivity index (χ4v) is 2.66. The van der Waals surface area contributed by atoms with Crippen LogP contribution in [-0.4, -0.2) is 30.4 Å². The normalized spacial score (nSPS) is 17.6. The van der Waals surface area contributed by atoms with E-state index >= 15 is 0 Å². The number of nitrogens with two attached hydrogens (primary N) is 1. The molecular weight excluding hydrogens is 267 g/mol. The van der Waals surface area contributed by atoms with Gasteiger partial charge in [0.2, 0.25) is 5.91 Å². The van der Waals surface area contributed by atoms with Gasteiger partial charge in [-0.3, -0.25) is 4.79 Å². The zero-order valence-corrected chi connectivity index (χ0v) is 13.1. The highest BCUT2D eigenvalue weighted by Crippen LogP contribution is 2.49. The van der Waals surface area contributed by atoms with Gasteiger partial charge in [-0.2, -0.15) is 0 Å². The Bertz CT molecular complexity index is 494. The van der Waals surface area contributed by atoms with Crippen LogP contribution in [0.4, 0.5) is 4.39 Å². The maximum Gasteiger partial charge on any atom is 0.232 e. The minimum absolute atomic E-state index is 0.112. The highest BCUT2D eigenvalue weighted by atomic mass is 19.1. The molecule has 116 valence electrons. The average molecular weight is 292 g/mol.